The molecule has 3 amide bonds. The van der Waals surface area contributed by atoms with Gasteiger partial charge in [-0.1, -0.05) is 6.07 Å². The number of carbonyl (C=O) groups excluding carboxylic acids is 3. The number of hydrogen-bond donors (Lipinski definition) is 5. The zero-order valence-electron chi connectivity index (χ0n) is 12.2. The zero-order chi connectivity index (χ0) is 17.6. The largest absolute Gasteiger partial charge is 0.399 e. The van der Waals surface area contributed by atoms with Gasteiger partial charge in [-0.25, -0.2) is 0 Å². The molecule has 0 unspecified atom stereocenters. The second-order valence-electron chi connectivity index (χ2n) is 4.56. The van der Waals surface area contributed by atoms with E-state index in [0.717, 1.165) is 0 Å². The Morgan fingerprint density at radius 2 is 0.913 bits per heavy atom. The summed E-state index contributed by atoms with van der Waals surface area (Å²) >= 11 is 0. The van der Waals surface area contributed by atoms with E-state index >= 15 is 0 Å². The van der Waals surface area contributed by atoms with Crippen LogP contribution in [0, 0.1) is 0 Å². The number of benzene rings is 2. The molecule has 8 heteroatoms. The van der Waals surface area contributed by atoms with E-state index in [2.05, 4.69) is 0 Å². The predicted octanol–water partition coefficient (Wildman–Crippen LogP) is -0.166. The van der Waals surface area contributed by atoms with Gasteiger partial charge in [0.15, 0.2) is 0 Å². The lowest BCUT2D eigenvalue weighted by Gasteiger charge is -2.02. The monoisotopic (exact) mass is 315 g/mol. The van der Waals surface area contributed by atoms with Crippen molar-refractivity contribution in [3.63, 3.8) is 0 Å². The van der Waals surface area contributed by atoms with E-state index in [1.54, 1.807) is 18.2 Å². The molecule has 0 aromatic heterocycles. The maximum atomic E-state index is 10.9. The number of nitrogen functional groups attached to an aromatic ring is 2. The molecular formula is C15H17N5O3. The first-order valence-corrected chi connectivity index (χ1v) is 6.36. The van der Waals surface area contributed by atoms with Crippen LogP contribution in [0.1, 0.15) is 31.1 Å². The number of carbonyl (C=O) groups is 3. The van der Waals surface area contributed by atoms with Gasteiger partial charge < -0.3 is 28.7 Å². The Morgan fingerprint density at radius 3 is 1.09 bits per heavy atom. The van der Waals surface area contributed by atoms with Crippen LogP contribution in [0.25, 0.3) is 0 Å². The molecule has 23 heavy (non-hydrogen) atoms. The lowest BCUT2D eigenvalue weighted by atomic mass is 10.0. The average molecular weight is 315 g/mol. The summed E-state index contributed by atoms with van der Waals surface area (Å²) in [6, 6.07) is 10.8. The van der Waals surface area contributed by atoms with Crippen molar-refractivity contribution < 1.29 is 14.4 Å². The van der Waals surface area contributed by atoms with Gasteiger partial charge in [-0.3, -0.25) is 14.4 Å². The number of nitrogens with two attached hydrogens (primary N) is 5. The molecule has 0 saturated carbocycles. The van der Waals surface area contributed by atoms with Crippen molar-refractivity contribution in [1.29, 1.82) is 0 Å². The van der Waals surface area contributed by atoms with E-state index in [1.807, 2.05) is 6.07 Å². The third kappa shape index (κ3) is 5.38. The number of anilines is 2. The van der Waals surface area contributed by atoms with Crippen LogP contribution in [-0.4, -0.2) is 17.7 Å². The second kappa shape index (κ2) is 7.46. The number of rotatable bonds is 3. The molecule has 0 aliphatic rings. The molecule has 8 nitrogen and oxygen atoms in total. The molecule has 0 atom stereocenters. The molecule has 0 spiro atoms. The minimum Gasteiger partial charge on any atom is -0.399 e. The summed E-state index contributed by atoms with van der Waals surface area (Å²) in [5.41, 5.74) is 27.3. The quantitative estimate of drug-likeness (QED) is 0.492. The van der Waals surface area contributed by atoms with E-state index in [-0.39, 0.29) is 16.7 Å². The van der Waals surface area contributed by atoms with Crippen molar-refractivity contribution in [3.8, 4) is 0 Å². The third-order valence-corrected chi connectivity index (χ3v) is 2.70. The SMILES string of the molecule is NC(=O)c1cc(C(N)=O)cc(C(N)=O)c1.Nc1cccc(N)c1. The molecule has 0 radical (unpaired) electrons. The van der Waals surface area contributed by atoms with Gasteiger partial charge in [0.25, 0.3) is 0 Å². The van der Waals surface area contributed by atoms with E-state index in [1.165, 1.54) is 18.2 Å². The second-order valence-corrected chi connectivity index (χ2v) is 4.56. The maximum Gasteiger partial charge on any atom is 0.248 e. The van der Waals surface area contributed by atoms with Crippen LogP contribution < -0.4 is 28.7 Å². The molecule has 0 bridgehead atoms. The van der Waals surface area contributed by atoms with Crippen molar-refractivity contribution in [2.45, 2.75) is 0 Å². The zero-order valence-corrected chi connectivity index (χ0v) is 12.2. The van der Waals surface area contributed by atoms with Crippen LogP contribution in [0.15, 0.2) is 42.5 Å². The van der Waals surface area contributed by atoms with Crippen molar-refractivity contribution in [3.05, 3.63) is 59.2 Å². The molecule has 0 aliphatic heterocycles. The Morgan fingerprint density at radius 1 is 0.609 bits per heavy atom. The lowest BCUT2D eigenvalue weighted by Crippen LogP contribution is -2.19. The summed E-state index contributed by atoms with van der Waals surface area (Å²) in [4.78, 5) is 32.6. The van der Waals surface area contributed by atoms with Gasteiger partial charge in [0.2, 0.25) is 17.7 Å². The highest BCUT2D eigenvalue weighted by molar-refractivity contribution is 6.03. The predicted molar refractivity (Wildman–Crippen MR) is 87.3 cm³/mol. The highest BCUT2D eigenvalue weighted by Gasteiger charge is 2.11. The van der Waals surface area contributed by atoms with Crippen molar-refractivity contribution >= 4 is 29.1 Å². The molecule has 0 heterocycles. The maximum absolute atomic E-state index is 10.9. The molecule has 2 aromatic carbocycles. The fourth-order valence-corrected chi connectivity index (χ4v) is 1.61. The molecular weight excluding hydrogens is 298 g/mol. The molecule has 2 aromatic rings. The summed E-state index contributed by atoms with van der Waals surface area (Å²) in [6.07, 6.45) is 0. The smallest absolute Gasteiger partial charge is 0.248 e. The Balaban J connectivity index is 0.000000277. The van der Waals surface area contributed by atoms with Gasteiger partial charge in [-0.15, -0.1) is 0 Å². The minimum absolute atomic E-state index is 0.0140. The molecule has 0 saturated heterocycles. The highest BCUT2D eigenvalue weighted by atomic mass is 16.2. The van der Waals surface area contributed by atoms with Gasteiger partial charge in [0.05, 0.1) is 0 Å². The van der Waals surface area contributed by atoms with Gasteiger partial charge >= 0.3 is 0 Å². The van der Waals surface area contributed by atoms with E-state index in [9.17, 15) is 14.4 Å². The van der Waals surface area contributed by atoms with Crippen LogP contribution in [0.3, 0.4) is 0 Å². The minimum atomic E-state index is -0.763. The van der Waals surface area contributed by atoms with Gasteiger partial charge in [0, 0.05) is 28.1 Å². The van der Waals surface area contributed by atoms with Crippen LogP contribution in [-0.2, 0) is 0 Å². The van der Waals surface area contributed by atoms with Crippen molar-refractivity contribution in [2.24, 2.45) is 17.2 Å². The fourth-order valence-electron chi connectivity index (χ4n) is 1.61. The molecule has 120 valence electrons. The lowest BCUT2D eigenvalue weighted by molar-refractivity contribution is 0.0999. The molecule has 2 rings (SSSR count). The number of hydrogen-bond acceptors (Lipinski definition) is 5. The molecule has 0 aliphatic carbocycles. The van der Waals surface area contributed by atoms with E-state index < -0.39 is 17.7 Å². The first-order valence-electron chi connectivity index (χ1n) is 6.36. The Hall–Kier alpha value is -3.55. The van der Waals surface area contributed by atoms with Gasteiger partial charge in [-0.05, 0) is 36.4 Å². The first-order chi connectivity index (χ1) is 10.7. The van der Waals surface area contributed by atoms with E-state index in [4.69, 9.17) is 28.7 Å². The summed E-state index contributed by atoms with van der Waals surface area (Å²) in [5, 5.41) is 0. The van der Waals surface area contributed by atoms with Gasteiger partial charge in [-0.2, -0.15) is 0 Å². The summed E-state index contributed by atoms with van der Waals surface area (Å²) < 4.78 is 0. The van der Waals surface area contributed by atoms with Crippen LogP contribution in [0.2, 0.25) is 0 Å². The first kappa shape index (κ1) is 17.5. The highest BCUT2D eigenvalue weighted by Crippen LogP contribution is 2.09. The third-order valence-electron chi connectivity index (χ3n) is 2.70. The van der Waals surface area contributed by atoms with Crippen LogP contribution in [0.4, 0.5) is 11.4 Å². The number of amides is 3. The molecule has 0 fully saturated rings. The summed E-state index contributed by atoms with van der Waals surface area (Å²) in [6.45, 7) is 0. The topological polar surface area (TPSA) is 181 Å². The van der Waals surface area contributed by atoms with E-state index in [0.29, 0.717) is 11.4 Å². The Bertz CT molecular complexity index is 662. The normalized spacial score (nSPS) is 9.39. The fraction of sp³-hybridized carbons (Fsp3) is 0. The summed E-state index contributed by atoms with van der Waals surface area (Å²) in [7, 11) is 0. The summed E-state index contributed by atoms with van der Waals surface area (Å²) in [5.74, 6) is -2.29. The molecule has 10 N–H and O–H groups in total. The van der Waals surface area contributed by atoms with Crippen molar-refractivity contribution in [1.82, 2.24) is 0 Å². The van der Waals surface area contributed by atoms with Crippen LogP contribution in [0.5, 0.6) is 0 Å². The van der Waals surface area contributed by atoms with Crippen molar-refractivity contribution in [2.75, 3.05) is 11.5 Å². The van der Waals surface area contributed by atoms with Gasteiger partial charge in [0.1, 0.15) is 0 Å². The Kier molecular flexibility index (Phi) is 5.67. The standard InChI is InChI=1S/C9H9N3O3.C6H8N2/c10-7(13)4-1-5(8(11)14)3-6(2-4)9(12)15;7-5-2-1-3-6(8)4-5/h1-3H,(H2,10,13)(H2,11,14)(H2,12,15);1-4H,7-8H2. The van der Waals surface area contributed by atoms with Crippen LogP contribution >= 0.6 is 0 Å². The number of primary amides is 3. The average Bonchev–Trinajstić information content (AvgIpc) is 2.47. The Labute approximate surface area is 132 Å².